The minimum absolute atomic E-state index is 0.184. The number of hydrogen-bond donors (Lipinski definition) is 1. The maximum absolute atomic E-state index is 13.0. The number of benzene rings is 1. The van der Waals surface area contributed by atoms with Crippen LogP contribution in [0.2, 0.25) is 5.02 Å². The minimum Gasteiger partial charge on any atom is -0.396 e. The van der Waals surface area contributed by atoms with E-state index >= 15 is 0 Å². The van der Waals surface area contributed by atoms with Gasteiger partial charge in [0.25, 0.3) is 0 Å². The van der Waals surface area contributed by atoms with E-state index in [-0.39, 0.29) is 18.3 Å². The number of hydrogen-bond acceptors (Lipinski definition) is 2. The van der Waals surface area contributed by atoms with Crippen LogP contribution in [0.15, 0.2) is 18.2 Å². The molecule has 1 aromatic carbocycles. The molecule has 82 valence electrons. The summed E-state index contributed by atoms with van der Waals surface area (Å²) in [5, 5.41) is 9.59. The second-order valence-corrected chi connectivity index (χ2v) is 4.29. The topological polar surface area (TPSA) is 23.5 Å². The van der Waals surface area contributed by atoms with Gasteiger partial charge < -0.3 is 10.0 Å². The molecule has 2 nitrogen and oxygen atoms in total. The molecule has 1 fully saturated rings. The van der Waals surface area contributed by atoms with Crippen molar-refractivity contribution in [3.63, 3.8) is 0 Å². The van der Waals surface area contributed by atoms with Gasteiger partial charge in [0.2, 0.25) is 0 Å². The number of aliphatic hydroxyl groups excluding tert-OH is 1. The van der Waals surface area contributed by atoms with Crippen LogP contribution in [-0.2, 0) is 0 Å². The normalized spacial score (nSPS) is 21.0. The van der Waals surface area contributed by atoms with Crippen molar-refractivity contribution in [3.05, 3.63) is 29.0 Å². The molecule has 4 heteroatoms. The maximum atomic E-state index is 13.0. The van der Waals surface area contributed by atoms with E-state index in [1.54, 1.807) is 6.07 Å². The molecule has 0 radical (unpaired) electrons. The third kappa shape index (κ3) is 2.24. The molecular formula is C11H13ClFNO. The Morgan fingerprint density at radius 2 is 2.33 bits per heavy atom. The summed E-state index contributed by atoms with van der Waals surface area (Å²) in [6.07, 6.45) is 0.934. The van der Waals surface area contributed by atoms with Crippen molar-refractivity contribution in [1.82, 2.24) is 0 Å². The predicted octanol–water partition coefficient (Wildman–Crippen LogP) is 2.30. The standard InChI is InChI=1S/C11H13ClFNO/c12-10-2-1-9(13)5-11(10)14-4-3-8(6-14)7-15/h1-2,5,8,15H,3-4,6-7H2. The quantitative estimate of drug-likeness (QED) is 0.841. The fourth-order valence-electron chi connectivity index (χ4n) is 1.93. The average Bonchev–Trinajstić information content (AvgIpc) is 2.70. The van der Waals surface area contributed by atoms with E-state index < -0.39 is 0 Å². The first-order valence-electron chi connectivity index (χ1n) is 5.01. The van der Waals surface area contributed by atoms with E-state index in [1.807, 2.05) is 4.90 Å². The summed E-state index contributed by atoms with van der Waals surface area (Å²) in [5.41, 5.74) is 0.729. The van der Waals surface area contributed by atoms with Gasteiger partial charge in [-0.05, 0) is 24.6 Å². The highest BCUT2D eigenvalue weighted by atomic mass is 35.5. The number of aliphatic hydroxyl groups is 1. The smallest absolute Gasteiger partial charge is 0.125 e. The lowest BCUT2D eigenvalue weighted by molar-refractivity contribution is 0.238. The Morgan fingerprint density at radius 1 is 1.53 bits per heavy atom. The lowest BCUT2D eigenvalue weighted by Gasteiger charge is -2.19. The van der Waals surface area contributed by atoms with Gasteiger partial charge >= 0.3 is 0 Å². The van der Waals surface area contributed by atoms with E-state index in [0.29, 0.717) is 5.02 Å². The third-order valence-corrected chi connectivity index (χ3v) is 3.11. The van der Waals surface area contributed by atoms with Crippen LogP contribution >= 0.6 is 11.6 Å². The molecule has 0 aliphatic carbocycles. The molecule has 2 rings (SSSR count). The van der Waals surface area contributed by atoms with Crippen molar-refractivity contribution in [2.24, 2.45) is 5.92 Å². The van der Waals surface area contributed by atoms with Gasteiger partial charge in [0.15, 0.2) is 0 Å². The van der Waals surface area contributed by atoms with E-state index in [1.165, 1.54) is 12.1 Å². The van der Waals surface area contributed by atoms with Crippen molar-refractivity contribution in [2.45, 2.75) is 6.42 Å². The summed E-state index contributed by atoms with van der Waals surface area (Å²) in [6, 6.07) is 4.37. The van der Waals surface area contributed by atoms with Crippen LogP contribution in [0.4, 0.5) is 10.1 Å². The number of nitrogens with zero attached hydrogens (tertiary/aromatic N) is 1. The first kappa shape index (κ1) is 10.7. The zero-order valence-corrected chi connectivity index (χ0v) is 9.04. The van der Waals surface area contributed by atoms with E-state index in [9.17, 15) is 4.39 Å². The van der Waals surface area contributed by atoms with Crippen LogP contribution in [0.1, 0.15) is 6.42 Å². The highest BCUT2D eigenvalue weighted by molar-refractivity contribution is 6.33. The van der Waals surface area contributed by atoms with Crippen molar-refractivity contribution >= 4 is 17.3 Å². The molecule has 1 atom stereocenters. The van der Waals surface area contributed by atoms with Gasteiger partial charge in [-0.3, -0.25) is 0 Å². The summed E-state index contributed by atoms with van der Waals surface area (Å²) >= 11 is 6.00. The van der Waals surface area contributed by atoms with Gasteiger partial charge in [0.1, 0.15) is 5.82 Å². The van der Waals surface area contributed by atoms with Gasteiger partial charge in [-0.1, -0.05) is 11.6 Å². The molecule has 0 aromatic heterocycles. The van der Waals surface area contributed by atoms with Crippen molar-refractivity contribution in [3.8, 4) is 0 Å². The molecular weight excluding hydrogens is 217 g/mol. The fraction of sp³-hybridized carbons (Fsp3) is 0.455. The lowest BCUT2D eigenvalue weighted by atomic mass is 10.1. The van der Waals surface area contributed by atoms with Gasteiger partial charge in [-0.25, -0.2) is 4.39 Å². The molecule has 1 heterocycles. The zero-order chi connectivity index (χ0) is 10.8. The second-order valence-electron chi connectivity index (χ2n) is 3.88. The Balaban J connectivity index is 2.19. The van der Waals surface area contributed by atoms with Crippen molar-refractivity contribution < 1.29 is 9.50 Å². The van der Waals surface area contributed by atoms with Gasteiger partial charge in [-0.15, -0.1) is 0 Å². The first-order valence-corrected chi connectivity index (χ1v) is 5.39. The zero-order valence-electron chi connectivity index (χ0n) is 8.29. The lowest BCUT2D eigenvalue weighted by Crippen LogP contribution is -2.21. The highest BCUT2D eigenvalue weighted by Gasteiger charge is 2.23. The molecule has 0 spiro atoms. The van der Waals surface area contributed by atoms with Gasteiger partial charge in [0, 0.05) is 25.6 Å². The van der Waals surface area contributed by atoms with E-state index in [0.717, 1.165) is 25.2 Å². The van der Waals surface area contributed by atoms with Crippen LogP contribution in [0, 0.1) is 11.7 Å². The first-order chi connectivity index (χ1) is 7.20. The van der Waals surface area contributed by atoms with Crippen molar-refractivity contribution in [1.29, 1.82) is 0 Å². The predicted molar refractivity (Wildman–Crippen MR) is 58.8 cm³/mol. The third-order valence-electron chi connectivity index (χ3n) is 2.79. The number of halogens is 2. The van der Waals surface area contributed by atoms with E-state index in [2.05, 4.69) is 0 Å². The summed E-state index contributed by atoms with van der Waals surface area (Å²) in [5.74, 6) is 0.00572. The van der Waals surface area contributed by atoms with Crippen LogP contribution in [-0.4, -0.2) is 24.8 Å². The summed E-state index contributed by atoms with van der Waals surface area (Å²) in [4.78, 5) is 2.02. The molecule has 1 aliphatic rings. The summed E-state index contributed by atoms with van der Waals surface area (Å²) in [7, 11) is 0. The Kier molecular flexibility index (Phi) is 3.12. The summed E-state index contributed by atoms with van der Waals surface area (Å²) < 4.78 is 13.0. The molecule has 1 unspecified atom stereocenters. The molecule has 1 aromatic rings. The molecule has 0 saturated carbocycles. The number of rotatable bonds is 2. The Hall–Kier alpha value is -0.800. The highest BCUT2D eigenvalue weighted by Crippen LogP contribution is 2.30. The SMILES string of the molecule is OCC1CCN(c2cc(F)ccc2Cl)C1. The fourth-order valence-corrected chi connectivity index (χ4v) is 2.17. The molecule has 1 N–H and O–H groups in total. The minimum atomic E-state index is -0.276. The molecule has 1 aliphatic heterocycles. The monoisotopic (exact) mass is 229 g/mol. The van der Waals surface area contributed by atoms with Crippen LogP contribution in [0.5, 0.6) is 0 Å². The summed E-state index contributed by atoms with van der Waals surface area (Å²) in [6.45, 7) is 1.76. The Morgan fingerprint density at radius 3 is 3.00 bits per heavy atom. The maximum Gasteiger partial charge on any atom is 0.125 e. The van der Waals surface area contributed by atoms with Crippen LogP contribution in [0.25, 0.3) is 0 Å². The molecule has 0 amide bonds. The Labute approximate surface area is 93.3 Å². The average molecular weight is 230 g/mol. The van der Waals surface area contributed by atoms with Crippen LogP contribution < -0.4 is 4.90 Å². The van der Waals surface area contributed by atoms with Crippen LogP contribution in [0.3, 0.4) is 0 Å². The largest absolute Gasteiger partial charge is 0.396 e. The van der Waals surface area contributed by atoms with Gasteiger partial charge in [-0.2, -0.15) is 0 Å². The van der Waals surface area contributed by atoms with Crippen molar-refractivity contribution in [2.75, 3.05) is 24.6 Å². The Bertz CT molecular complexity index is 358. The molecule has 15 heavy (non-hydrogen) atoms. The van der Waals surface area contributed by atoms with Gasteiger partial charge in [0.05, 0.1) is 10.7 Å². The number of anilines is 1. The molecule has 0 bridgehead atoms. The van der Waals surface area contributed by atoms with E-state index in [4.69, 9.17) is 16.7 Å². The second kappa shape index (κ2) is 4.37. The molecule has 1 saturated heterocycles.